The van der Waals surface area contributed by atoms with Crippen molar-refractivity contribution in [1.29, 1.82) is 0 Å². The molecule has 0 saturated heterocycles. The van der Waals surface area contributed by atoms with E-state index in [2.05, 4.69) is 5.10 Å². The quantitative estimate of drug-likeness (QED) is 0.365. The molecule has 0 radical (unpaired) electrons. The van der Waals surface area contributed by atoms with Gasteiger partial charge in [-0.3, -0.25) is 4.79 Å². The topological polar surface area (TPSA) is 59.0 Å². The molecule has 0 spiro atoms. The van der Waals surface area contributed by atoms with Crippen molar-refractivity contribution in [3.63, 3.8) is 0 Å². The fourth-order valence-corrected chi connectivity index (χ4v) is 3.70. The number of carbonyl (C=O) groups is 2. The van der Waals surface area contributed by atoms with Crippen LogP contribution in [-0.4, -0.2) is 24.1 Å². The lowest BCUT2D eigenvalue weighted by atomic mass is 9.82. The molecular weight excluding hydrogens is 424 g/mol. The molecule has 1 heterocycles. The van der Waals surface area contributed by atoms with E-state index in [-0.39, 0.29) is 18.1 Å². The zero-order valence-electron chi connectivity index (χ0n) is 17.4. The maximum absolute atomic E-state index is 13.6. The first-order chi connectivity index (χ1) is 15.6. The van der Waals surface area contributed by atoms with Crippen LogP contribution in [0.3, 0.4) is 0 Å². The Balaban J connectivity index is 1.89. The highest BCUT2D eigenvalue weighted by Crippen LogP contribution is 2.35. The second-order valence-electron chi connectivity index (χ2n) is 7.15. The Kier molecular flexibility index (Phi) is 6.47. The first-order valence-corrected chi connectivity index (χ1v) is 10.6. The van der Waals surface area contributed by atoms with Gasteiger partial charge in [0.05, 0.1) is 18.2 Å². The average Bonchev–Trinajstić information content (AvgIpc) is 2.84. The fraction of sp³-hybridized carbons (Fsp3) is 0.115. The molecule has 3 aromatic rings. The van der Waals surface area contributed by atoms with Crippen LogP contribution in [0, 0.1) is 0 Å². The second kappa shape index (κ2) is 9.62. The lowest BCUT2D eigenvalue weighted by Crippen LogP contribution is -2.35. The standard InChI is InChI=1S/C26H21ClN2O3/c1-2-32-26(31)24-23(18-9-5-3-6-10-18)22(25(30)19-11-7-4-8-12-19)17-29(28-24)21-15-13-20(27)14-16-21/h3-17,23H,2H2,1H3. The molecule has 1 unspecified atom stereocenters. The number of hydrogen-bond donors (Lipinski definition) is 0. The average molecular weight is 445 g/mol. The van der Waals surface area contributed by atoms with E-state index in [1.807, 2.05) is 48.5 Å². The Labute approximate surface area is 191 Å². The fourth-order valence-electron chi connectivity index (χ4n) is 3.57. The molecule has 4 rings (SSSR count). The number of hydrazone groups is 1. The Hall–Kier alpha value is -3.70. The highest BCUT2D eigenvalue weighted by atomic mass is 35.5. The lowest BCUT2D eigenvalue weighted by Gasteiger charge is -2.29. The maximum atomic E-state index is 13.6. The van der Waals surface area contributed by atoms with Crippen LogP contribution in [0.5, 0.6) is 0 Å². The number of nitrogens with zero attached hydrogens (tertiary/aromatic N) is 2. The van der Waals surface area contributed by atoms with Gasteiger partial charge in [0, 0.05) is 22.4 Å². The number of esters is 1. The number of Topliss-reactive ketones (excluding diaryl/α,β-unsaturated/α-hetero) is 1. The molecular formula is C26H21ClN2O3. The van der Waals surface area contributed by atoms with E-state index in [9.17, 15) is 9.59 Å². The third-order valence-electron chi connectivity index (χ3n) is 5.07. The number of ether oxygens (including phenoxy) is 1. The van der Waals surface area contributed by atoms with Crippen LogP contribution in [0.25, 0.3) is 0 Å². The highest BCUT2D eigenvalue weighted by Gasteiger charge is 2.37. The van der Waals surface area contributed by atoms with E-state index in [1.165, 1.54) is 5.01 Å². The van der Waals surface area contributed by atoms with Crippen LogP contribution in [0.4, 0.5) is 5.69 Å². The molecule has 5 nitrogen and oxygen atoms in total. The third kappa shape index (κ3) is 4.48. The summed E-state index contributed by atoms with van der Waals surface area (Å²) in [5, 5.41) is 6.69. The zero-order valence-corrected chi connectivity index (χ0v) is 18.2. The van der Waals surface area contributed by atoms with Gasteiger partial charge in [-0.05, 0) is 36.8 Å². The molecule has 3 aromatic carbocycles. The number of hydrogen-bond acceptors (Lipinski definition) is 5. The van der Waals surface area contributed by atoms with Crippen molar-refractivity contribution in [1.82, 2.24) is 0 Å². The summed E-state index contributed by atoms with van der Waals surface area (Å²) in [5.41, 5.74) is 2.55. The van der Waals surface area contributed by atoms with E-state index in [1.54, 1.807) is 49.5 Å². The van der Waals surface area contributed by atoms with E-state index >= 15 is 0 Å². The van der Waals surface area contributed by atoms with Crippen LogP contribution in [0.15, 0.2) is 102 Å². The van der Waals surface area contributed by atoms with Gasteiger partial charge >= 0.3 is 5.97 Å². The molecule has 0 saturated carbocycles. The largest absolute Gasteiger partial charge is 0.461 e. The van der Waals surface area contributed by atoms with Crippen molar-refractivity contribution in [2.24, 2.45) is 5.10 Å². The van der Waals surface area contributed by atoms with Gasteiger partial charge < -0.3 is 4.74 Å². The van der Waals surface area contributed by atoms with Gasteiger partial charge in [-0.25, -0.2) is 9.80 Å². The number of carbonyl (C=O) groups excluding carboxylic acids is 2. The van der Waals surface area contributed by atoms with Crippen molar-refractivity contribution >= 4 is 34.8 Å². The number of halogens is 1. The summed E-state index contributed by atoms with van der Waals surface area (Å²) in [5.74, 6) is -1.41. The lowest BCUT2D eigenvalue weighted by molar-refractivity contribution is -0.135. The SMILES string of the molecule is CCOC(=O)C1=NN(c2ccc(Cl)cc2)C=C(C(=O)c2ccccc2)C1c1ccccc1. The molecule has 0 aliphatic carbocycles. The molecule has 0 bridgehead atoms. The van der Waals surface area contributed by atoms with Gasteiger partial charge in [0.1, 0.15) is 0 Å². The minimum Gasteiger partial charge on any atom is -0.461 e. The highest BCUT2D eigenvalue weighted by molar-refractivity contribution is 6.41. The number of ketones is 1. The minimum atomic E-state index is -0.661. The van der Waals surface area contributed by atoms with Crippen molar-refractivity contribution in [2.75, 3.05) is 11.6 Å². The van der Waals surface area contributed by atoms with Crippen molar-refractivity contribution < 1.29 is 14.3 Å². The first kappa shape index (κ1) is 21.5. The Morgan fingerprint density at radius 1 is 0.938 bits per heavy atom. The zero-order chi connectivity index (χ0) is 22.5. The Bertz CT molecular complexity index is 1170. The summed E-state index contributed by atoms with van der Waals surface area (Å²) in [7, 11) is 0. The first-order valence-electron chi connectivity index (χ1n) is 10.2. The molecule has 0 fully saturated rings. The minimum absolute atomic E-state index is 0.148. The van der Waals surface area contributed by atoms with Crippen LogP contribution < -0.4 is 5.01 Å². The normalized spacial score (nSPS) is 15.6. The van der Waals surface area contributed by atoms with Gasteiger partial charge in [0.15, 0.2) is 11.5 Å². The Morgan fingerprint density at radius 3 is 2.19 bits per heavy atom. The van der Waals surface area contributed by atoms with Gasteiger partial charge in [-0.1, -0.05) is 72.3 Å². The molecule has 1 aliphatic heterocycles. The van der Waals surface area contributed by atoms with Gasteiger partial charge in [0.2, 0.25) is 0 Å². The van der Waals surface area contributed by atoms with Crippen LogP contribution in [-0.2, 0) is 9.53 Å². The van der Waals surface area contributed by atoms with Gasteiger partial charge in [-0.2, -0.15) is 5.10 Å². The number of rotatable bonds is 6. The van der Waals surface area contributed by atoms with E-state index in [0.29, 0.717) is 21.8 Å². The molecule has 0 amide bonds. The van der Waals surface area contributed by atoms with E-state index in [4.69, 9.17) is 16.3 Å². The van der Waals surface area contributed by atoms with Crippen LogP contribution in [0.1, 0.15) is 28.8 Å². The second-order valence-corrected chi connectivity index (χ2v) is 7.59. The van der Waals surface area contributed by atoms with Crippen molar-refractivity contribution in [2.45, 2.75) is 12.8 Å². The summed E-state index contributed by atoms with van der Waals surface area (Å²) in [6, 6.07) is 25.4. The molecule has 32 heavy (non-hydrogen) atoms. The van der Waals surface area contributed by atoms with Gasteiger partial charge in [-0.15, -0.1) is 0 Å². The number of benzene rings is 3. The third-order valence-corrected chi connectivity index (χ3v) is 5.32. The summed E-state index contributed by atoms with van der Waals surface area (Å²) < 4.78 is 5.31. The van der Waals surface area contributed by atoms with E-state index in [0.717, 1.165) is 5.56 Å². The van der Waals surface area contributed by atoms with Crippen molar-refractivity contribution in [3.8, 4) is 0 Å². The Morgan fingerprint density at radius 2 is 1.56 bits per heavy atom. The van der Waals surface area contributed by atoms with Crippen LogP contribution >= 0.6 is 11.6 Å². The van der Waals surface area contributed by atoms with Crippen molar-refractivity contribution in [3.05, 3.63) is 113 Å². The molecule has 1 aliphatic rings. The molecule has 0 aromatic heterocycles. The molecule has 6 heteroatoms. The summed E-state index contributed by atoms with van der Waals surface area (Å²) >= 11 is 6.04. The summed E-state index contributed by atoms with van der Waals surface area (Å²) in [4.78, 5) is 26.6. The summed E-state index contributed by atoms with van der Waals surface area (Å²) in [6.45, 7) is 1.94. The number of anilines is 1. The number of allylic oxidation sites excluding steroid dienone is 1. The molecule has 160 valence electrons. The molecule has 0 N–H and O–H groups in total. The predicted molar refractivity (Wildman–Crippen MR) is 126 cm³/mol. The maximum Gasteiger partial charge on any atom is 0.355 e. The van der Waals surface area contributed by atoms with Gasteiger partial charge in [0.25, 0.3) is 0 Å². The van der Waals surface area contributed by atoms with E-state index < -0.39 is 11.9 Å². The summed E-state index contributed by atoms with van der Waals surface area (Å²) in [6.07, 6.45) is 1.68. The molecule has 1 atom stereocenters. The monoisotopic (exact) mass is 444 g/mol. The predicted octanol–water partition coefficient (Wildman–Crippen LogP) is 5.63. The smallest absolute Gasteiger partial charge is 0.355 e. The van der Waals surface area contributed by atoms with Crippen LogP contribution in [0.2, 0.25) is 5.02 Å².